The molecule has 4 nitrogen and oxygen atoms in total. The van der Waals surface area contributed by atoms with Crippen LogP contribution in [0.5, 0.6) is 5.75 Å². The molecule has 4 aromatic rings. The van der Waals surface area contributed by atoms with Gasteiger partial charge < -0.3 is 10.3 Å². The van der Waals surface area contributed by atoms with E-state index in [1.807, 2.05) is 66.7 Å². The van der Waals surface area contributed by atoms with Gasteiger partial charge in [-0.05, 0) is 33.7 Å². The van der Waals surface area contributed by atoms with E-state index in [9.17, 15) is 4.79 Å². The fraction of sp³-hybridized carbons (Fsp3) is 0.0435. The first-order valence-corrected chi connectivity index (χ1v) is 8.54. The van der Waals surface area contributed by atoms with Gasteiger partial charge in [0.25, 0.3) is 5.78 Å². The summed E-state index contributed by atoms with van der Waals surface area (Å²) in [5, 5.41) is 3.99. The molecule has 0 aliphatic heterocycles. The van der Waals surface area contributed by atoms with Gasteiger partial charge in [-0.25, -0.2) is 0 Å². The van der Waals surface area contributed by atoms with Crippen molar-refractivity contribution in [1.29, 1.82) is 0 Å². The molecule has 0 radical (unpaired) electrons. The van der Waals surface area contributed by atoms with Gasteiger partial charge in [-0.1, -0.05) is 60.7 Å². The Morgan fingerprint density at radius 1 is 0.852 bits per heavy atom. The predicted octanol–water partition coefficient (Wildman–Crippen LogP) is 5.15. The highest BCUT2D eigenvalue weighted by Crippen LogP contribution is 2.42. The number of methoxy groups -OCH3 is 1. The van der Waals surface area contributed by atoms with Crippen LogP contribution in [0.3, 0.4) is 0 Å². The fourth-order valence-electron chi connectivity index (χ4n) is 3.55. The number of Topliss-reactive ketones (excluding diaryl/α,β-unsaturated/α-hetero) is 1. The van der Waals surface area contributed by atoms with E-state index in [2.05, 4.69) is 4.79 Å². The van der Waals surface area contributed by atoms with Crippen molar-refractivity contribution in [2.45, 2.75) is 0 Å². The number of ketones is 1. The van der Waals surface area contributed by atoms with E-state index < -0.39 is 0 Å². The van der Waals surface area contributed by atoms with Crippen LogP contribution in [0.4, 0.5) is 0 Å². The van der Waals surface area contributed by atoms with Crippen molar-refractivity contribution in [3.8, 4) is 16.9 Å². The molecule has 27 heavy (non-hydrogen) atoms. The number of hydrogen-bond donors (Lipinski definition) is 0. The molecule has 0 bridgehead atoms. The number of hydrogen-bond acceptors (Lipinski definition) is 2. The van der Waals surface area contributed by atoms with Crippen LogP contribution in [0, 0.1) is 0 Å². The monoisotopic (exact) mass is 352 g/mol. The molecule has 0 heterocycles. The zero-order chi connectivity index (χ0) is 18.8. The van der Waals surface area contributed by atoms with Crippen LogP contribution >= 0.6 is 0 Å². The number of nitrogens with zero attached hydrogens (tertiary/aromatic N) is 2. The molecule has 4 rings (SSSR count). The van der Waals surface area contributed by atoms with E-state index >= 15 is 0 Å². The van der Waals surface area contributed by atoms with E-state index in [1.165, 1.54) is 0 Å². The van der Waals surface area contributed by atoms with Gasteiger partial charge >= 0.3 is 6.21 Å². The minimum Gasteiger partial charge on any atom is -0.496 e. The zero-order valence-corrected chi connectivity index (χ0v) is 14.7. The van der Waals surface area contributed by atoms with E-state index in [-0.39, 0.29) is 5.78 Å². The third-order valence-electron chi connectivity index (χ3n) is 4.73. The lowest BCUT2D eigenvalue weighted by Crippen LogP contribution is -2.05. The van der Waals surface area contributed by atoms with Gasteiger partial charge in [0.1, 0.15) is 5.75 Å². The second-order valence-corrected chi connectivity index (χ2v) is 6.18. The molecule has 0 aliphatic carbocycles. The van der Waals surface area contributed by atoms with E-state index in [1.54, 1.807) is 13.2 Å². The van der Waals surface area contributed by atoms with E-state index in [4.69, 9.17) is 10.3 Å². The van der Waals surface area contributed by atoms with Gasteiger partial charge in [-0.2, -0.15) is 4.79 Å². The fourth-order valence-corrected chi connectivity index (χ4v) is 3.55. The molecule has 0 saturated carbocycles. The molecule has 0 aromatic heterocycles. The summed E-state index contributed by atoms with van der Waals surface area (Å²) in [6.45, 7) is 0. The van der Waals surface area contributed by atoms with Crippen molar-refractivity contribution in [3.63, 3.8) is 0 Å². The van der Waals surface area contributed by atoms with E-state index in [0.29, 0.717) is 11.3 Å². The summed E-state index contributed by atoms with van der Waals surface area (Å²) < 4.78 is 5.66. The number of fused-ring (bicyclic) bond motifs is 2. The zero-order valence-electron chi connectivity index (χ0n) is 14.7. The number of ether oxygens (including phenoxy) is 1. The van der Waals surface area contributed by atoms with Crippen molar-refractivity contribution in [2.75, 3.05) is 7.11 Å². The van der Waals surface area contributed by atoms with Crippen LogP contribution in [0.2, 0.25) is 0 Å². The standard InChI is InChI=1S/C23H16N2O2/c1-27-21-13-11-16-7-3-5-9-18(16)23(21)22-17-8-4-2-6-15(17)10-12-19(22)20(26)14-25-24/h2-14H,1H3. The second kappa shape index (κ2) is 6.87. The maximum Gasteiger partial charge on any atom is 0.328 e. The first-order chi connectivity index (χ1) is 13.2. The highest BCUT2D eigenvalue weighted by molar-refractivity contribution is 6.36. The van der Waals surface area contributed by atoms with Gasteiger partial charge in [0.15, 0.2) is 0 Å². The molecule has 130 valence electrons. The summed E-state index contributed by atoms with van der Waals surface area (Å²) in [4.78, 5) is 15.6. The predicted molar refractivity (Wildman–Crippen MR) is 107 cm³/mol. The van der Waals surface area contributed by atoms with Crippen molar-refractivity contribution in [1.82, 2.24) is 0 Å². The Morgan fingerprint density at radius 2 is 1.44 bits per heavy atom. The molecule has 0 amide bonds. The Labute approximate surface area is 156 Å². The summed E-state index contributed by atoms with van der Waals surface area (Å²) in [6, 6.07) is 23.5. The summed E-state index contributed by atoms with van der Waals surface area (Å²) in [7, 11) is 1.62. The lowest BCUT2D eigenvalue weighted by atomic mass is 9.88. The minimum absolute atomic E-state index is 0.367. The molecule has 0 atom stereocenters. The number of rotatable bonds is 4. The Morgan fingerprint density at radius 3 is 2.07 bits per heavy atom. The largest absolute Gasteiger partial charge is 0.496 e. The third kappa shape index (κ3) is 2.78. The topological polar surface area (TPSA) is 62.7 Å². The second-order valence-electron chi connectivity index (χ2n) is 6.18. The lowest BCUT2D eigenvalue weighted by Gasteiger charge is -2.17. The molecule has 4 heteroatoms. The van der Waals surface area contributed by atoms with Gasteiger partial charge in [0.2, 0.25) is 0 Å². The van der Waals surface area contributed by atoms with Crippen molar-refractivity contribution < 1.29 is 14.3 Å². The quantitative estimate of drug-likeness (QED) is 0.221. The summed E-state index contributed by atoms with van der Waals surface area (Å²) in [5.41, 5.74) is 10.9. The van der Waals surface area contributed by atoms with Crippen LogP contribution in [-0.4, -0.2) is 23.9 Å². The highest BCUT2D eigenvalue weighted by Gasteiger charge is 2.21. The summed E-state index contributed by atoms with van der Waals surface area (Å²) in [6.07, 6.45) is 0.922. The number of benzene rings is 4. The molecule has 4 aromatic carbocycles. The van der Waals surface area contributed by atoms with Crippen molar-refractivity contribution in [2.24, 2.45) is 0 Å². The Balaban J connectivity index is 2.22. The molecule has 0 saturated heterocycles. The Kier molecular flexibility index (Phi) is 4.25. The maximum atomic E-state index is 12.7. The maximum absolute atomic E-state index is 12.7. The van der Waals surface area contributed by atoms with Crippen LogP contribution in [0.15, 0.2) is 72.8 Å². The van der Waals surface area contributed by atoms with Gasteiger partial charge in [0, 0.05) is 16.7 Å². The molecule has 0 N–H and O–H groups in total. The molecule has 0 spiro atoms. The summed E-state index contributed by atoms with van der Waals surface area (Å²) in [5.74, 6) is 0.313. The lowest BCUT2D eigenvalue weighted by molar-refractivity contribution is 0.00235. The average Bonchev–Trinajstić information content (AvgIpc) is 2.72. The smallest absolute Gasteiger partial charge is 0.328 e. The van der Waals surface area contributed by atoms with Crippen LogP contribution in [0.1, 0.15) is 10.4 Å². The molecule has 0 fully saturated rings. The van der Waals surface area contributed by atoms with Crippen LogP contribution in [-0.2, 0) is 0 Å². The first kappa shape index (κ1) is 16.7. The molecular weight excluding hydrogens is 336 g/mol. The SMILES string of the molecule is COc1ccc2ccccc2c1-c1c(C(=O)C=[N+]=[N-])ccc2ccccc12. The van der Waals surface area contributed by atoms with Gasteiger partial charge in [-0.15, -0.1) is 0 Å². The number of carbonyl (C=O) groups is 1. The highest BCUT2D eigenvalue weighted by atomic mass is 16.5. The Bertz CT molecular complexity index is 1240. The first-order valence-electron chi connectivity index (χ1n) is 8.54. The number of carbonyl (C=O) groups excluding carboxylic acids is 1. The van der Waals surface area contributed by atoms with Crippen LogP contribution in [0.25, 0.3) is 38.2 Å². The summed E-state index contributed by atoms with van der Waals surface area (Å²) >= 11 is 0. The average molecular weight is 352 g/mol. The molecule has 0 aliphatic rings. The third-order valence-corrected chi connectivity index (χ3v) is 4.73. The van der Waals surface area contributed by atoms with Crippen LogP contribution < -0.4 is 4.74 Å². The van der Waals surface area contributed by atoms with Crippen molar-refractivity contribution in [3.05, 3.63) is 83.9 Å². The Hall–Kier alpha value is -3.75. The minimum atomic E-state index is -0.367. The van der Waals surface area contributed by atoms with Gasteiger partial charge in [-0.3, -0.25) is 4.79 Å². The van der Waals surface area contributed by atoms with Crippen molar-refractivity contribution >= 4 is 33.5 Å². The van der Waals surface area contributed by atoms with Gasteiger partial charge in [0.05, 0.1) is 7.11 Å². The normalized spacial score (nSPS) is 10.6. The van der Waals surface area contributed by atoms with E-state index in [0.717, 1.165) is 38.9 Å². The molecule has 0 unspecified atom stereocenters. The molecular formula is C23H16N2O2.